The molecule has 1 aromatic carbocycles. The summed E-state index contributed by atoms with van der Waals surface area (Å²) in [6.07, 6.45) is 3.39. The molecular formula is C23H39N3O2. The van der Waals surface area contributed by atoms with Crippen LogP contribution in [0, 0.1) is 5.41 Å². The molecule has 2 heterocycles. The summed E-state index contributed by atoms with van der Waals surface area (Å²) in [6, 6.07) is 6.29. The molecule has 0 N–H and O–H groups in total. The van der Waals surface area contributed by atoms with E-state index in [9.17, 15) is 0 Å². The van der Waals surface area contributed by atoms with Gasteiger partial charge in [0, 0.05) is 44.7 Å². The van der Waals surface area contributed by atoms with Crippen LogP contribution in [0.15, 0.2) is 18.2 Å². The predicted molar refractivity (Wildman–Crippen MR) is 115 cm³/mol. The van der Waals surface area contributed by atoms with Crippen molar-refractivity contribution >= 4 is 0 Å². The number of fused-ring (bicyclic) bond motifs is 1. The lowest BCUT2D eigenvalue weighted by atomic mass is 9.89. The molecule has 0 radical (unpaired) electrons. The van der Waals surface area contributed by atoms with Crippen molar-refractivity contribution in [1.82, 2.24) is 14.7 Å². The Balaban J connectivity index is 1.90. The molecule has 1 aromatic rings. The van der Waals surface area contributed by atoms with Crippen LogP contribution in [-0.4, -0.2) is 81.3 Å². The van der Waals surface area contributed by atoms with E-state index in [4.69, 9.17) is 9.47 Å². The molecule has 28 heavy (non-hydrogen) atoms. The fourth-order valence-electron chi connectivity index (χ4n) is 5.06. The van der Waals surface area contributed by atoms with Crippen LogP contribution in [0.2, 0.25) is 0 Å². The molecule has 0 saturated carbocycles. The van der Waals surface area contributed by atoms with Gasteiger partial charge in [0.2, 0.25) is 0 Å². The molecule has 1 fully saturated rings. The van der Waals surface area contributed by atoms with Crippen LogP contribution in [0.4, 0.5) is 0 Å². The highest BCUT2D eigenvalue weighted by atomic mass is 16.5. The molecule has 2 aliphatic heterocycles. The SMILES string of the molecule is COc1ccc2c(c1)CN(CC(C)(C)CN(C)C)C[C@@]1(CCCN(C)CC1)O2. The average molecular weight is 390 g/mol. The highest BCUT2D eigenvalue weighted by Crippen LogP contribution is 2.38. The first-order valence-electron chi connectivity index (χ1n) is 10.6. The highest BCUT2D eigenvalue weighted by Gasteiger charge is 2.40. The Bertz CT molecular complexity index is 661. The first-order chi connectivity index (χ1) is 13.2. The van der Waals surface area contributed by atoms with E-state index in [2.05, 4.69) is 61.8 Å². The minimum atomic E-state index is -0.0984. The summed E-state index contributed by atoms with van der Waals surface area (Å²) in [5.74, 6) is 1.95. The van der Waals surface area contributed by atoms with E-state index in [0.29, 0.717) is 0 Å². The van der Waals surface area contributed by atoms with Gasteiger partial charge in [0.25, 0.3) is 0 Å². The number of rotatable bonds is 5. The summed E-state index contributed by atoms with van der Waals surface area (Å²) in [4.78, 5) is 7.36. The van der Waals surface area contributed by atoms with Crippen LogP contribution in [0.1, 0.15) is 38.7 Å². The van der Waals surface area contributed by atoms with Crippen molar-refractivity contribution in [2.75, 3.05) is 61.0 Å². The molecule has 1 saturated heterocycles. The second-order valence-corrected chi connectivity index (χ2v) is 9.96. The number of methoxy groups -OCH3 is 1. The minimum Gasteiger partial charge on any atom is -0.497 e. The lowest BCUT2D eigenvalue weighted by Gasteiger charge is -2.39. The van der Waals surface area contributed by atoms with Crippen molar-refractivity contribution in [3.05, 3.63) is 23.8 Å². The third-order valence-corrected chi connectivity index (χ3v) is 6.02. The molecule has 1 spiro atoms. The van der Waals surface area contributed by atoms with Crippen molar-refractivity contribution in [1.29, 1.82) is 0 Å². The summed E-state index contributed by atoms with van der Waals surface area (Å²) in [5, 5.41) is 0. The van der Waals surface area contributed by atoms with Gasteiger partial charge in [-0.1, -0.05) is 13.8 Å². The molecule has 0 unspecified atom stereocenters. The van der Waals surface area contributed by atoms with Gasteiger partial charge in [-0.2, -0.15) is 0 Å². The van der Waals surface area contributed by atoms with E-state index in [-0.39, 0.29) is 11.0 Å². The van der Waals surface area contributed by atoms with E-state index >= 15 is 0 Å². The van der Waals surface area contributed by atoms with Gasteiger partial charge in [-0.05, 0) is 64.1 Å². The van der Waals surface area contributed by atoms with Crippen LogP contribution in [-0.2, 0) is 6.54 Å². The zero-order valence-electron chi connectivity index (χ0n) is 18.8. The fourth-order valence-corrected chi connectivity index (χ4v) is 5.06. The van der Waals surface area contributed by atoms with Crippen molar-refractivity contribution < 1.29 is 9.47 Å². The molecule has 1 atom stereocenters. The highest BCUT2D eigenvalue weighted by molar-refractivity contribution is 5.41. The summed E-state index contributed by atoms with van der Waals surface area (Å²) in [7, 11) is 8.29. The zero-order valence-corrected chi connectivity index (χ0v) is 18.8. The normalized spacial score (nSPS) is 24.5. The predicted octanol–water partition coefficient (Wildman–Crippen LogP) is 3.33. The molecule has 0 aromatic heterocycles. The molecule has 3 rings (SSSR count). The van der Waals surface area contributed by atoms with E-state index in [0.717, 1.165) is 63.6 Å². The van der Waals surface area contributed by atoms with Gasteiger partial charge in [0.05, 0.1) is 7.11 Å². The fraction of sp³-hybridized carbons (Fsp3) is 0.739. The Kier molecular flexibility index (Phi) is 6.58. The van der Waals surface area contributed by atoms with Gasteiger partial charge < -0.3 is 19.3 Å². The maximum atomic E-state index is 6.80. The van der Waals surface area contributed by atoms with Crippen LogP contribution in [0.5, 0.6) is 11.5 Å². The lowest BCUT2D eigenvalue weighted by molar-refractivity contribution is 0.0121. The molecule has 0 aliphatic carbocycles. The van der Waals surface area contributed by atoms with Gasteiger partial charge >= 0.3 is 0 Å². The molecule has 0 bridgehead atoms. The number of hydrogen-bond acceptors (Lipinski definition) is 5. The molecule has 5 nitrogen and oxygen atoms in total. The number of likely N-dealkylation sites (tertiary alicyclic amines) is 1. The average Bonchev–Trinajstić information content (AvgIpc) is 2.85. The second-order valence-electron chi connectivity index (χ2n) is 9.96. The number of ether oxygens (including phenoxy) is 2. The van der Waals surface area contributed by atoms with Crippen LogP contribution >= 0.6 is 0 Å². The Morgan fingerprint density at radius 1 is 1.21 bits per heavy atom. The topological polar surface area (TPSA) is 28.2 Å². The Morgan fingerprint density at radius 2 is 2.00 bits per heavy atom. The van der Waals surface area contributed by atoms with Crippen LogP contribution < -0.4 is 9.47 Å². The van der Waals surface area contributed by atoms with E-state index in [1.807, 2.05) is 6.07 Å². The van der Waals surface area contributed by atoms with Gasteiger partial charge in [0.1, 0.15) is 17.1 Å². The van der Waals surface area contributed by atoms with Gasteiger partial charge in [-0.3, -0.25) is 4.90 Å². The third kappa shape index (κ3) is 5.40. The zero-order chi connectivity index (χ0) is 20.4. The molecule has 2 aliphatic rings. The summed E-state index contributed by atoms with van der Waals surface area (Å²) >= 11 is 0. The summed E-state index contributed by atoms with van der Waals surface area (Å²) in [6.45, 7) is 11.0. The minimum absolute atomic E-state index is 0.0984. The van der Waals surface area contributed by atoms with E-state index in [1.165, 1.54) is 12.0 Å². The maximum Gasteiger partial charge on any atom is 0.124 e. The largest absolute Gasteiger partial charge is 0.497 e. The molecule has 0 amide bonds. The summed E-state index contributed by atoms with van der Waals surface area (Å²) < 4.78 is 12.3. The van der Waals surface area contributed by atoms with Crippen LogP contribution in [0.25, 0.3) is 0 Å². The molecular weight excluding hydrogens is 350 g/mol. The molecule has 158 valence electrons. The quantitative estimate of drug-likeness (QED) is 0.770. The van der Waals surface area contributed by atoms with Gasteiger partial charge in [0.15, 0.2) is 0 Å². The summed E-state index contributed by atoms with van der Waals surface area (Å²) in [5.41, 5.74) is 1.36. The standard InChI is InChI=1S/C23H39N3O2/c1-22(2,16-24(3)4)17-26-15-19-14-20(27-6)8-9-21(19)28-23(18-26)10-7-12-25(5)13-11-23/h8-9,14H,7,10-13,15-18H2,1-6H3/t23-/m0/s1. The second kappa shape index (κ2) is 8.60. The third-order valence-electron chi connectivity index (χ3n) is 6.02. The molecule has 5 heteroatoms. The van der Waals surface area contributed by atoms with Crippen molar-refractivity contribution in [3.63, 3.8) is 0 Å². The number of nitrogens with zero attached hydrogens (tertiary/aromatic N) is 3. The first-order valence-corrected chi connectivity index (χ1v) is 10.6. The Labute approximate surface area is 171 Å². The van der Waals surface area contributed by atoms with Gasteiger partial charge in [-0.25, -0.2) is 0 Å². The Hall–Kier alpha value is -1.30. The van der Waals surface area contributed by atoms with E-state index in [1.54, 1.807) is 7.11 Å². The van der Waals surface area contributed by atoms with Crippen molar-refractivity contribution in [2.45, 2.75) is 45.3 Å². The van der Waals surface area contributed by atoms with Crippen LogP contribution in [0.3, 0.4) is 0 Å². The smallest absolute Gasteiger partial charge is 0.124 e. The number of hydrogen-bond donors (Lipinski definition) is 0. The van der Waals surface area contributed by atoms with Crippen molar-refractivity contribution in [2.24, 2.45) is 5.41 Å². The van der Waals surface area contributed by atoms with E-state index < -0.39 is 0 Å². The lowest BCUT2D eigenvalue weighted by Crippen LogP contribution is -2.49. The van der Waals surface area contributed by atoms with Crippen molar-refractivity contribution in [3.8, 4) is 11.5 Å². The monoisotopic (exact) mass is 389 g/mol. The maximum absolute atomic E-state index is 6.80. The number of benzene rings is 1. The van der Waals surface area contributed by atoms with Gasteiger partial charge in [-0.15, -0.1) is 0 Å². The Morgan fingerprint density at radius 3 is 2.71 bits per heavy atom. The first kappa shape index (κ1) is 21.4.